The summed E-state index contributed by atoms with van der Waals surface area (Å²) in [5.41, 5.74) is 8.72. The molecule has 0 spiro atoms. The van der Waals surface area contributed by atoms with Gasteiger partial charge in [-0.15, -0.1) is 0 Å². The molecule has 3 aromatic rings. The van der Waals surface area contributed by atoms with Crippen molar-refractivity contribution in [3.63, 3.8) is 0 Å². The predicted molar refractivity (Wildman–Crippen MR) is 83.1 cm³/mol. The van der Waals surface area contributed by atoms with E-state index in [-0.39, 0.29) is 41.4 Å². The number of rotatable bonds is 3. The third-order valence-corrected chi connectivity index (χ3v) is 4.13. The third-order valence-electron chi connectivity index (χ3n) is 4.13. The van der Waals surface area contributed by atoms with Gasteiger partial charge in [0.15, 0.2) is 5.69 Å². The molecule has 1 aliphatic rings. The Hall–Kier alpha value is -2.42. The highest BCUT2D eigenvalue weighted by atomic mass is 127. The van der Waals surface area contributed by atoms with Crippen molar-refractivity contribution in [2.75, 3.05) is 0 Å². The lowest BCUT2D eigenvalue weighted by molar-refractivity contribution is -0.993. The highest BCUT2D eigenvalue weighted by Crippen LogP contribution is 2.33. The topological polar surface area (TPSA) is 152 Å². The average molecular weight is 469 g/mol. The minimum atomic E-state index is -1.13. The van der Waals surface area contributed by atoms with Crippen molar-refractivity contribution in [2.24, 2.45) is 12.8 Å². The van der Waals surface area contributed by atoms with Gasteiger partial charge in [0.25, 0.3) is 11.7 Å². The fraction of sp³-hybridized carbons (Fsp3) is 0.214. The van der Waals surface area contributed by atoms with E-state index in [9.17, 15) is 10.0 Å². The predicted octanol–water partition coefficient (Wildman–Crippen LogP) is -4.33. The number of imidazole rings is 1. The summed E-state index contributed by atoms with van der Waals surface area (Å²) in [7, 11) is 1.72. The maximum Gasteiger partial charge on any atom is 0.277 e. The van der Waals surface area contributed by atoms with Gasteiger partial charge in [-0.1, -0.05) is 0 Å². The number of amides is 1. The van der Waals surface area contributed by atoms with Gasteiger partial charge in [0.2, 0.25) is 5.95 Å². The van der Waals surface area contributed by atoms with Gasteiger partial charge in [0.1, 0.15) is 6.33 Å². The Kier molecular flexibility index (Phi) is 4.74. The minimum absolute atomic E-state index is 0. The van der Waals surface area contributed by atoms with Gasteiger partial charge < -0.3 is 34.9 Å². The quantitative estimate of drug-likeness (QED) is 0.259. The second-order valence-electron chi connectivity index (χ2n) is 5.68. The lowest BCUT2D eigenvalue weighted by atomic mass is 9.93. The zero-order valence-electron chi connectivity index (χ0n) is 13.5. The first-order chi connectivity index (χ1) is 12.0. The Balaban J connectivity index is 0.00000196. The molecule has 1 aliphatic carbocycles. The van der Waals surface area contributed by atoms with Crippen LogP contribution in [0.5, 0.6) is 0 Å². The second-order valence-corrected chi connectivity index (χ2v) is 5.68. The van der Waals surface area contributed by atoms with Crippen molar-refractivity contribution in [3.8, 4) is 17.3 Å². The van der Waals surface area contributed by atoms with Gasteiger partial charge in [0, 0.05) is 18.8 Å². The molecule has 0 radical (unpaired) electrons. The zero-order valence-corrected chi connectivity index (χ0v) is 15.7. The number of nitrogens with two attached hydrogens (primary N) is 1. The lowest BCUT2D eigenvalue weighted by Gasteiger charge is -2.17. The molecular formula is C14H14IN8O3-. The van der Waals surface area contributed by atoms with Crippen molar-refractivity contribution in [1.82, 2.24) is 29.3 Å². The summed E-state index contributed by atoms with van der Waals surface area (Å²) in [6, 6.07) is 0. The van der Waals surface area contributed by atoms with E-state index in [1.807, 2.05) is 0 Å². The number of fused-ring (bicyclic) bond motifs is 3. The van der Waals surface area contributed by atoms with Crippen molar-refractivity contribution < 1.29 is 39.2 Å². The number of hydrogen-bond donors (Lipinski definition) is 3. The first-order valence-corrected chi connectivity index (χ1v) is 7.45. The number of carbonyl (C=O) groups excluding carboxylic acids is 1. The molecule has 0 fully saturated rings. The maximum absolute atomic E-state index is 11.6. The van der Waals surface area contributed by atoms with E-state index in [1.54, 1.807) is 17.9 Å². The summed E-state index contributed by atoms with van der Waals surface area (Å²) in [5.74, 6) is -0.387. The molecule has 0 saturated carbocycles. The Morgan fingerprint density at radius 2 is 2.15 bits per heavy atom. The van der Waals surface area contributed by atoms with E-state index in [0.29, 0.717) is 18.5 Å². The number of quaternary nitrogens is 1. The van der Waals surface area contributed by atoms with E-state index < -0.39 is 11.1 Å². The normalized spacial score (nSPS) is 13.5. The molecule has 1 amide bonds. The zero-order chi connectivity index (χ0) is 17.7. The van der Waals surface area contributed by atoms with Crippen LogP contribution >= 0.6 is 0 Å². The molecule has 1 unspecified atom stereocenters. The number of carbonyl (C=O) groups is 1. The average Bonchev–Trinajstić information content (AvgIpc) is 3.19. The molecular weight excluding hydrogens is 455 g/mol. The van der Waals surface area contributed by atoms with Crippen LogP contribution in [0.25, 0.3) is 17.3 Å². The van der Waals surface area contributed by atoms with Gasteiger partial charge in [-0.05, 0) is 18.4 Å². The van der Waals surface area contributed by atoms with Crippen molar-refractivity contribution in [2.45, 2.75) is 12.8 Å². The van der Waals surface area contributed by atoms with Crippen LogP contribution in [0, 0.1) is 5.21 Å². The standard InChI is InChI=1S/C14H14N8O3.HI/c1-20-12-8(11(19-20)13(15)23)3-2-7-4-16-14(18-10(7)12)21-5-9(17-6-21)22(24)25;/h4-6,22,24H,2-3H2,1H3,(H2,15,23);1H/p-1. The summed E-state index contributed by atoms with van der Waals surface area (Å²) in [6.45, 7) is 0. The van der Waals surface area contributed by atoms with Crippen LogP contribution in [-0.4, -0.2) is 40.4 Å². The molecule has 0 saturated heterocycles. The van der Waals surface area contributed by atoms with Crippen molar-refractivity contribution in [1.29, 1.82) is 0 Å². The molecule has 4 rings (SSSR count). The SMILES string of the molecule is Cn1nc(C(N)=O)c2c1-c1nc(-n3cnc([NH+]([O-])O)c3)ncc1CC2.[I-]. The van der Waals surface area contributed by atoms with Crippen molar-refractivity contribution >= 4 is 11.7 Å². The fourth-order valence-electron chi connectivity index (χ4n) is 3.01. The lowest BCUT2D eigenvalue weighted by Crippen LogP contribution is -3.00. The van der Waals surface area contributed by atoms with Gasteiger partial charge in [-0.3, -0.25) is 14.0 Å². The summed E-state index contributed by atoms with van der Waals surface area (Å²) in [4.78, 5) is 24.2. The van der Waals surface area contributed by atoms with E-state index >= 15 is 0 Å². The number of nitrogens with zero attached hydrogens (tertiary/aromatic N) is 6. The first kappa shape index (κ1) is 18.4. The minimum Gasteiger partial charge on any atom is -1.00 e. The highest BCUT2D eigenvalue weighted by Gasteiger charge is 2.28. The van der Waals surface area contributed by atoms with Gasteiger partial charge in [-0.2, -0.15) is 15.3 Å². The molecule has 4 N–H and O–H groups in total. The summed E-state index contributed by atoms with van der Waals surface area (Å²) >= 11 is 0. The molecule has 26 heavy (non-hydrogen) atoms. The van der Waals surface area contributed by atoms with Crippen LogP contribution in [0.4, 0.5) is 5.82 Å². The Labute approximate surface area is 164 Å². The van der Waals surface area contributed by atoms with Gasteiger partial charge in [0.05, 0.1) is 17.6 Å². The van der Waals surface area contributed by atoms with E-state index in [0.717, 1.165) is 16.8 Å². The second kappa shape index (κ2) is 6.71. The van der Waals surface area contributed by atoms with Crippen LogP contribution in [0.3, 0.4) is 0 Å². The number of hydrogen-bond acceptors (Lipinski definition) is 7. The number of aryl methyl sites for hydroxylation is 2. The molecule has 12 heteroatoms. The number of aromatic nitrogens is 6. The Bertz CT molecular complexity index is 996. The summed E-state index contributed by atoms with van der Waals surface area (Å²) in [6.07, 6.45) is 5.67. The monoisotopic (exact) mass is 469 g/mol. The van der Waals surface area contributed by atoms with Gasteiger partial charge >= 0.3 is 0 Å². The fourth-order valence-corrected chi connectivity index (χ4v) is 3.01. The molecule has 3 aromatic heterocycles. The molecule has 1 atom stereocenters. The number of halogens is 1. The molecule has 0 bridgehead atoms. The van der Waals surface area contributed by atoms with E-state index in [4.69, 9.17) is 10.9 Å². The summed E-state index contributed by atoms with van der Waals surface area (Å²) in [5, 5.41) is 23.0. The summed E-state index contributed by atoms with van der Waals surface area (Å²) < 4.78 is 3.02. The van der Waals surface area contributed by atoms with Crippen LogP contribution in [0.15, 0.2) is 18.7 Å². The Morgan fingerprint density at radius 3 is 2.81 bits per heavy atom. The molecule has 11 nitrogen and oxygen atoms in total. The highest BCUT2D eigenvalue weighted by molar-refractivity contribution is 5.94. The van der Waals surface area contributed by atoms with Crippen LogP contribution in [-0.2, 0) is 19.9 Å². The molecule has 3 heterocycles. The third kappa shape index (κ3) is 2.86. The largest absolute Gasteiger partial charge is 1.00 e. The smallest absolute Gasteiger partial charge is 0.277 e. The molecule has 136 valence electrons. The van der Waals surface area contributed by atoms with Crippen LogP contribution in [0.2, 0.25) is 0 Å². The number of primary amides is 1. The van der Waals surface area contributed by atoms with E-state index in [1.165, 1.54) is 17.1 Å². The Morgan fingerprint density at radius 1 is 1.38 bits per heavy atom. The molecule has 0 aliphatic heterocycles. The number of nitrogens with one attached hydrogen (secondary N) is 1. The first-order valence-electron chi connectivity index (χ1n) is 7.45. The maximum atomic E-state index is 11.6. The van der Waals surface area contributed by atoms with Crippen LogP contribution in [0.1, 0.15) is 21.6 Å². The molecule has 0 aromatic carbocycles. The van der Waals surface area contributed by atoms with Gasteiger partial charge in [-0.25, -0.2) is 15.2 Å². The van der Waals surface area contributed by atoms with Crippen LogP contribution < -0.4 is 34.9 Å². The van der Waals surface area contributed by atoms with E-state index in [2.05, 4.69) is 20.1 Å². The van der Waals surface area contributed by atoms with Crippen molar-refractivity contribution in [3.05, 3.63) is 40.7 Å².